The molecule has 0 aromatic heterocycles. The Labute approximate surface area is 170 Å². The number of Topliss-reactive ketones (excluding diaryl/α,β-unsaturated/α-hetero) is 1. The summed E-state index contributed by atoms with van der Waals surface area (Å²) in [5.74, 6) is 2.37. The van der Waals surface area contributed by atoms with E-state index in [1.807, 2.05) is 36.4 Å². The fourth-order valence-corrected chi connectivity index (χ4v) is 3.22. The van der Waals surface area contributed by atoms with Gasteiger partial charge >= 0.3 is 0 Å². The van der Waals surface area contributed by atoms with Gasteiger partial charge in [-0.1, -0.05) is 12.1 Å². The predicted octanol–water partition coefficient (Wildman–Crippen LogP) is 3.79. The van der Waals surface area contributed by atoms with Gasteiger partial charge in [-0.25, -0.2) is 0 Å². The third-order valence-electron chi connectivity index (χ3n) is 4.67. The predicted molar refractivity (Wildman–Crippen MR) is 111 cm³/mol. The lowest BCUT2D eigenvalue weighted by Crippen LogP contribution is -2.22. The van der Waals surface area contributed by atoms with Crippen molar-refractivity contribution in [3.05, 3.63) is 58.7 Å². The Morgan fingerprint density at radius 3 is 1.34 bits per heavy atom. The third kappa shape index (κ3) is 4.27. The van der Waals surface area contributed by atoms with E-state index in [-0.39, 0.29) is 19.0 Å². The molecule has 1 fully saturated rings. The third-order valence-corrected chi connectivity index (χ3v) is 4.67. The largest absolute Gasteiger partial charge is 0.496 e. The van der Waals surface area contributed by atoms with Gasteiger partial charge in [0.05, 0.1) is 52.8 Å². The summed E-state index contributed by atoms with van der Waals surface area (Å²) in [7, 11) is 6.31. The first-order chi connectivity index (χ1) is 14.1. The highest BCUT2D eigenvalue weighted by atomic mass is 16.5. The monoisotopic (exact) mass is 396 g/mol. The zero-order valence-corrected chi connectivity index (χ0v) is 17.0. The molecule has 152 valence electrons. The van der Waals surface area contributed by atoms with Crippen LogP contribution in [0.4, 0.5) is 0 Å². The minimum absolute atomic E-state index is 0.0998. The number of hydrogen-bond acceptors (Lipinski definition) is 6. The van der Waals surface area contributed by atoms with Crippen LogP contribution in [0, 0.1) is 0 Å². The maximum atomic E-state index is 13.2. The van der Waals surface area contributed by atoms with Gasteiger partial charge in [-0.15, -0.1) is 0 Å². The summed E-state index contributed by atoms with van der Waals surface area (Å²) in [6.45, 7) is 0.418. The van der Waals surface area contributed by atoms with Crippen LogP contribution in [0.15, 0.2) is 47.5 Å². The molecule has 1 saturated heterocycles. The number of benzene rings is 2. The SMILES string of the molecule is COc1cccc(OC)c1/C=C1\COC/C(=C\c2c(OC)cccc2OC)C1=O. The van der Waals surface area contributed by atoms with Crippen molar-refractivity contribution in [3.8, 4) is 23.0 Å². The summed E-state index contributed by atoms with van der Waals surface area (Å²) < 4.78 is 27.4. The lowest BCUT2D eigenvalue weighted by atomic mass is 9.97. The molecule has 0 saturated carbocycles. The maximum Gasteiger partial charge on any atom is 0.189 e. The first kappa shape index (κ1) is 20.5. The second kappa shape index (κ2) is 9.30. The minimum atomic E-state index is -0.0998. The molecule has 0 unspecified atom stereocenters. The standard InChI is InChI=1S/C23H24O6/c1-25-19-7-5-8-20(26-2)17(19)11-15-13-29-14-16(23(15)24)12-18-21(27-3)9-6-10-22(18)28-4/h5-12H,13-14H2,1-4H3/b15-11+,16-12+. The summed E-state index contributed by atoms with van der Waals surface area (Å²) in [6, 6.07) is 10.9. The van der Waals surface area contributed by atoms with Crippen LogP contribution in [-0.4, -0.2) is 47.4 Å². The number of carbonyl (C=O) groups is 1. The highest BCUT2D eigenvalue weighted by Gasteiger charge is 2.23. The number of carbonyl (C=O) groups excluding carboxylic acids is 1. The normalized spacial score (nSPS) is 16.8. The molecule has 0 atom stereocenters. The highest BCUT2D eigenvalue weighted by molar-refractivity contribution is 6.14. The Hall–Kier alpha value is -3.25. The molecule has 3 rings (SSSR count). The summed E-state index contributed by atoms with van der Waals surface area (Å²) >= 11 is 0. The average molecular weight is 396 g/mol. The first-order valence-electron chi connectivity index (χ1n) is 9.08. The Balaban J connectivity index is 2.03. The molecule has 0 amide bonds. The van der Waals surface area contributed by atoms with E-state index in [2.05, 4.69) is 0 Å². The summed E-state index contributed by atoms with van der Waals surface area (Å²) in [6.07, 6.45) is 3.51. The van der Waals surface area contributed by atoms with Gasteiger partial charge in [-0.2, -0.15) is 0 Å². The fourth-order valence-electron chi connectivity index (χ4n) is 3.22. The van der Waals surface area contributed by atoms with Gasteiger partial charge in [0.25, 0.3) is 0 Å². The lowest BCUT2D eigenvalue weighted by Gasteiger charge is -2.19. The van der Waals surface area contributed by atoms with E-state index < -0.39 is 0 Å². The van der Waals surface area contributed by atoms with Gasteiger partial charge in [0.2, 0.25) is 0 Å². The van der Waals surface area contributed by atoms with Crippen molar-refractivity contribution < 1.29 is 28.5 Å². The first-order valence-corrected chi connectivity index (χ1v) is 9.08. The van der Waals surface area contributed by atoms with E-state index in [0.717, 1.165) is 0 Å². The lowest BCUT2D eigenvalue weighted by molar-refractivity contribution is -0.114. The van der Waals surface area contributed by atoms with Gasteiger partial charge < -0.3 is 23.7 Å². The van der Waals surface area contributed by atoms with Crippen LogP contribution in [0.5, 0.6) is 23.0 Å². The molecule has 1 aliphatic rings. The molecule has 0 spiro atoms. The zero-order valence-electron chi connectivity index (χ0n) is 17.0. The van der Waals surface area contributed by atoms with Gasteiger partial charge in [0.1, 0.15) is 23.0 Å². The topological polar surface area (TPSA) is 63.2 Å². The summed E-state index contributed by atoms with van der Waals surface area (Å²) in [4.78, 5) is 13.2. The van der Waals surface area contributed by atoms with E-state index in [9.17, 15) is 4.79 Å². The van der Waals surface area contributed by atoms with Crippen LogP contribution < -0.4 is 18.9 Å². The van der Waals surface area contributed by atoms with E-state index in [0.29, 0.717) is 45.3 Å². The van der Waals surface area contributed by atoms with Crippen molar-refractivity contribution in [2.24, 2.45) is 0 Å². The molecule has 2 aromatic rings. The van der Waals surface area contributed by atoms with E-state index in [4.69, 9.17) is 23.7 Å². The Morgan fingerprint density at radius 2 is 1.03 bits per heavy atom. The molecular formula is C23H24O6. The molecule has 6 heteroatoms. The number of ether oxygens (including phenoxy) is 5. The van der Waals surface area contributed by atoms with Gasteiger partial charge in [0.15, 0.2) is 5.78 Å². The molecule has 0 bridgehead atoms. The van der Waals surface area contributed by atoms with Crippen LogP contribution in [-0.2, 0) is 9.53 Å². The number of rotatable bonds is 6. The summed E-state index contributed by atoms with van der Waals surface area (Å²) in [5.41, 5.74) is 2.42. The minimum Gasteiger partial charge on any atom is -0.496 e. The van der Waals surface area contributed by atoms with Crippen LogP contribution >= 0.6 is 0 Å². The summed E-state index contributed by atoms with van der Waals surface area (Å²) in [5, 5.41) is 0. The van der Waals surface area contributed by atoms with Crippen molar-refractivity contribution in [2.75, 3.05) is 41.7 Å². The van der Waals surface area contributed by atoms with Gasteiger partial charge in [-0.05, 0) is 36.4 Å². The molecule has 6 nitrogen and oxygen atoms in total. The zero-order chi connectivity index (χ0) is 20.8. The molecule has 1 heterocycles. The van der Waals surface area contributed by atoms with Gasteiger partial charge in [-0.3, -0.25) is 4.79 Å². The molecule has 0 radical (unpaired) electrons. The molecule has 29 heavy (non-hydrogen) atoms. The molecule has 0 aliphatic carbocycles. The van der Waals surface area contributed by atoms with Crippen molar-refractivity contribution in [1.82, 2.24) is 0 Å². The van der Waals surface area contributed by atoms with Crippen LogP contribution in [0.25, 0.3) is 12.2 Å². The van der Waals surface area contributed by atoms with Crippen LogP contribution in [0.2, 0.25) is 0 Å². The molecular weight excluding hydrogens is 372 g/mol. The fraction of sp³-hybridized carbons (Fsp3) is 0.261. The Morgan fingerprint density at radius 1 is 0.690 bits per heavy atom. The Bertz CT molecular complexity index is 838. The quantitative estimate of drug-likeness (QED) is 0.693. The van der Waals surface area contributed by atoms with Crippen molar-refractivity contribution in [3.63, 3.8) is 0 Å². The highest BCUT2D eigenvalue weighted by Crippen LogP contribution is 2.34. The van der Waals surface area contributed by atoms with Crippen molar-refractivity contribution >= 4 is 17.9 Å². The van der Waals surface area contributed by atoms with Crippen LogP contribution in [0.3, 0.4) is 0 Å². The average Bonchev–Trinajstić information content (AvgIpc) is 2.76. The van der Waals surface area contributed by atoms with E-state index in [1.165, 1.54) is 0 Å². The van der Waals surface area contributed by atoms with Crippen molar-refractivity contribution in [1.29, 1.82) is 0 Å². The van der Waals surface area contributed by atoms with Crippen molar-refractivity contribution in [2.45, 2.75) is 0 Å². The van der Waals surface area contributed by atoms with E-state index >= 15 is 0 Å². The van der Waals surface area contributed by atoms with E-state index in [1.54, 1.807) is 40.6 Å². The number of hydrogen-bond donors (Lipinski definition) is 0. The maximum absolute atomic E-state index is 13.2. The Kier molecular flexibility index (Phi) is 6.57. The second-order valence-corrected chi connectivity index (χ2v) is 6.31. The molecule has 2 aromatic carbocycles. The molecule has 1 aliphatic heterocycles. The molecule has 0 N–H and O–H groups in total. The number of methoxy groups -OCH3 is 4. The van der Waals surface area contributed by atoms with Crippen LogP contribution in [0.1, 0.15) is 11.1 Å². The number of ketones is 1. The smallest absolute Gasteiger partial charge is 0.189 e. The second-order valence-electron chi connectivity index (χ2n) is 6.31. The van der Waals surface area contributed by atoms with Gasteiger partial charge in [0, 0.05) is 11.1 Å².